The van der Waals surface area contributed by atoms with Gasteiger partial charge < -0.3 is 5.11 Å². The molecule has 0 saturated carbocycles. The summed E-state index contributed by atoms with van der Waals surface area (Å²) in [4.78, 5) is 11.0. The Bertz CT molecular complexity index is 381. The second-order valence-electron chi connectivity index (χ2n) is 3.48. The lowest BCUT2D eigenvalue weighted by atomic mass is 10.2. The topological polar surface area (TPSA) is 40.5 Å². The number of thiocarbonyl (C=S) groups is 1. The Morgan fingerprint density at radius 2 is 2.06 bits per heavy atom. The maximum absolute atomic E-state index is 11.0. The van der Waals surface area contributed by atoms with Crippen LogP contribution in [0.2, 0.25) is 0 Å². The Labute approximate surface area is 111 Å². The molecule has 0 aliphatic carbocycles. The molecule has 5 heteroatoms. The summed E-state index contributed by atoms with van der Waals surface area (Å²) in [5.74, 6) is 0. The third kappa shape index (κ3) is 4.75. The van der Waals surface area contributed by atoms with Gasteiger partial charge in [0, 0.05) is 24.1 Å². The van der Waals surface area contributed by atoms with Crippen molar-refractivity contribution in [3.8, 4) is 0 Å². The van der Waals surface area contributed by atoms with Crippen molar-refractivity contribution in [1.29, 1.82) is 0 Å². The summed E-state index contributed by atoms with van der Waals surface area (Å²) in [6.45, 7) is 2.53. The zero-order chi connectivity index (χ0) is 12.7. The van der Waals surface area contributed by atoms with E-state index in [9.17, 15) is 4.79 Å². The van der Waals surface area contributed by atoms with Crippen molar-refractivity contribution in [2.45, 2.75) is 19.8 Å². The molecule has 1 rings (SSSR count). The molecule has 0 spiro atoms. The SMILES string of the molecule is CCCCN(SC(=S)c1ccccc1)C(=O)O. The average Bonchev–Trinajstić information content (AvgIpc) is 2.35. The second-order valence-corrected chi connectivity index (χ2v) is 5.18. The highest BCUT2D eigenvalue weighted by atomic mass is 32.2. The van der Waals surface area contributed by atoms with Gasteiger partial charge in [0.05, 0.1) is 4.20 Å². The van der Waals surface area contributed by atoms with Crippen molar-refractivity contribution in [1.82, 2.24) is 4.31 Å². The molecule has 0 fully saturated rings. The van der Waals surface area contributed by atoms with Gasteiger partial charge in [0.15, 0.2) is 0 Å². The van der Waals surface area contributed by atoms with E-state index < -0.39 is 6.09 Å². The monoisotopic (exact) mass is 269 g/mol. The fraction of sp³-hybridized carbons (Fsp3) is 0.333. The van der Waals surface area contributed by atoms with Gasteiger partial charge in [-0.3, -0.25) is 0 Å². The smallest absolute Gasteiger partial charge is 0.417 e. The molecule has 92 valence electrons. The van der Waals surface area contributed by atoms with Gasteiger partial charge in [-0.1, -0.05) is 55.9 Å². The van der Waals surface area contributed by atoms with Gasteiger partial charge in [0.25, 0.3) is 0 Å². The van der Waals surface area contributed by atoms with E-state index in [2.05, 4.69) is 0 Å². The Morgan fingerprint density at radius 1 is 1.41 bits per heavy atom. The summed E-state index contributed by atoms with van der Waals surface area (Å²) < 4.78 is 1.88. The van der Waals surface area contributed by atoms with E-state index in [1.807, 2.05) is 37.3 Å². The molecular weight excluding hydrogens is 254 g/mol. The molecule has 0 heterocycles. The van der Waals surface area contributed by atoms with E-state index in [0.717, 1.165) is 30.4 Å². The maximum atomic E-state index is 11.0. The van der Waals surface area contributed by atoms with Gasteiger partial charge >= 0.3 is 6.09 Å². The minimum Gasteiger partial charge on any atom is -0.464 e. The number of amides is 1. The number of carbonyl (C=O) groups is 1. The van der Waals surface area contributed by atoms with Crippen LogP contribution >= 0.6 is 24.2 Å². The van der Waals surface area contributed by atoms with E-state index in [4.69, 9.17) is 17.3 Å². The first-order valence-electron chi connectivity index (χ1n) is 5.43. The van der Waals surface area contributed by atoms with Crippen LogP contribution in [-0.2, 0) is 0 Å². The zero-order valence-corrected chi connectivity index (χ0v) is 11.3. The number of benzene rings is 1. The minimum atomic E-state index is -0.943. The Kier molecular flexibility index (Phi) is 6.00. The molecule has 0 radical (unpaired) electrons. The van der Waals surface area contributed by atoms with Crippen LogP contribution in [0.1, 0.15) is 25.3 Å². The molecule has 0 unspecified atom stereocenters. The molecule has 0 aliphatic heterocycles. The fourth-order valence-corrected chi connectivity index (χ4v) is 2.36. The molecule has 1 aromatic carbocycles. The van der Waals surface area contributed by atoms with Crippen LogP contribution in [0.25, 0.3) is 0 Å². The molecule has 3 nitrogen and oxygen atoms in total. The number of rotatable bonds is 4. The molecule has 1 aromatic rings. The van der Waals surface area contributed by atoms with Gasteiger partial charge in [0.1, 0.15) is 0 Å². The largest absolute Gasteiger partial charge is 0.464 e. The first kappa shape index (κ1) is 14.0. The van der Waals surface area contributed by atoms with E-state index in [0.29, 0.717) is 10.7 Å². The van der Waals surface area contributed by atoms with Crippen molar-refractivity contribution < 1.29 is 9.90 Å². The third-order valence-corrected chi connectivity index (χ3v) is 3.55. The number of hydrogen-bond acceptors (Lipinski definition) is 3. The van der Waals surface area contributed by atoms with Crippen molar-refractivity contribution in [3.63, 3.8) is 0 Å². The van der Waals surface area contributed by atoms with Gasteiger partial charge in [-0.05, 0) is 6.42 Å². The number of carboxylic acid groups (broad SMARTS) is 1. The number of nitrogens with zero attached hydrogens (tertiary/aromatic N) is 1. The normalized spacial score (nSPS) is 9.94. The van der Waals surface area contributed by atoms with E-state index in [1.54, 1.807) is 0 Å². The van der Waals surface area contributed by atoms with Crippen LogP contribution in [-0.4, -0.2) is 26.2 Å². The average molecular weight is 269 g/mol. The van der Waals surface area contributed by atoms with Crippen LogP contribution in [0.4, 0.5) is 4.79 Å². The lowest BCUT2D eigenvalue weighted by molar-refractivity contribution is 0.175. The van der Waals surface area contributed by atoms with Gasteiger partial charge in [-0.25, -0.2) is 9.10 Å². The van der Waals surface area contributed by atoms with Crippen LogP contribution in [0.15, 0.2) is 30.3 Å². The molecule has 1 N–H and O–H groups in total. The second kappa shape index (κ2) is 7.29. The van der Waals surface area contributed by atoms with Crippen LogP contribution in [0.3, 0.4) is 0 Å². The van der Waals surface area contributed by atoms with Crippen molar-refractivity contribution in [2.24, 2.45) is 0 Å². The molecule has 0 atom stereocenters. The summed E-state index contributed by atoms with van der Waals surface area (Å²) in [5.41, 5.74) is 0.884. The van der Waals surface area contributed by atoms with Crippen LogP contribution < -0.4 is 0 Å². The third-order valence-electron chi connectivity index (χ3n) is 2.13. The molecular formula is C12H15NO2S2. The van der Waals surface area contributed by atoms with Gasteiger partial charge in [-0.2, -0.15) is 0 Å². The van der Waals surface area contributed by atoms with Crippen molar-refractivity contribution in [3.05, 3.63) is 35.9 Å². The fourth-order valence-electron chi connectivity index (χ4n) is 1.21. The highest BCUT2D eigenvalue weighted by molar-refractivity contribution is 8.22. The van der Waals surface area contributed by atoms with Gasteiger partial charge in [0.2, 0.25) is 0 Å². The summed E-state index contributed by atoms with van der Waals surface area (Å²) in [5, 5.41) is 9.04. The number of hydrogen-bond donors (Lipinski definition) is 1. The molecule has 0 bridgehead atoms. The first-order valence-corrected chi connectivity index (χ1v) is 6.61. The molecule has 17 heavy (non-hydrogen) atoms. The Morgan fingerprint density at radius 3 is 2.59 bits per heavy atom. The first-order chi connectivity index (χ1) is 8.15. The van der Waals surface area contributed by atoms with Crippen LogP contribution in [0, 0.1) is 0 Å². The number of unbranched alkanes of at least 4 members (excludes halogenated alkanes) is 1. The van der Waals surface area contributed by atoms with Crippen molar-refractivity contribution >= 4 is 34.5 Å². The highest BCUT2D eigenvalue weighted by Gasteiger charge is 2.15. The lowest BCUT2D eigenvalue weighted by Crippen LogP contribution is -2.25. The van der Waals surface area contributed by atoms with E-state index >= 15 is 0 Å². The minimum absolute atomic E-state index is 0.503. The predicted octanol–water partition coefficient (Wildman–Crippen LogP) is 3.79. The quantitative estimate of drug-likeness (QED) is 0.667. The van der Waals surface area contributed by atoms with E-state index in [1.165, 1.54) is 4.31 Å². The predicted molar refractivity (Wildman–Crippen MR) is 75.4 cm³/mol. The summed E-state index contributed by atoms with van der Waals surface area (Å²) in [7, 11) is 0. The summed E-state index contributed by atoms with van der Waals surface area (Å²) in [6.07, 6.45) is 0.862. The molecule has 0 saturated heterocycles. The standard InChI is InChI=1S/C12H15NO2S2/c1-2-3-9-13(12(14)15)17-11(16)10-7-5-4-6-8-10/h4-8H,2-3,9H2,1H3,(H,14,15). The molecule has 0 aromatic heterocycles. The Balaban J connectivity index is 2.61. The maximum Gasteiger partial charge on any atom is 0.417 e. The lowest BCUT2D eigenvalue weighted by Gasteiger charge is -2.17. The van der Waals surface area contributed by atoms with Crippen LogP contribution in [0.5, 0.6) is 0 Å². The zero-order valence-electron chi connectivity index (χ0n) is 9.63. The van der Waals surface area contributed by atoms with E-state index in [-0.39, 0.29) is 0 Å². The summed E-state index contributed by atoms with van der Waals surface area (Å²) >= 11 is 6.34. The highest BCUT2D eigenvalue weighted by Crippen LogP contribution is 2.19. The summed E-state index contributed by atoms with van der Waals surface area (Å²) in [6, 6.07) is 9.45. The molecule has 0 aliphatic rings. The molecule has 1 amide bonds. The van der Waals surface area contributed by atoms with Gasteiger partial charge in [-0.15, -0.1) is 0 Å². The Hall–Kier alpha value is -1.07. The van der Waals surface area contributed by atoms with Crippen molar-refractivity contribution in [2.75, 3.05) is 6.54 Å².